The number of primary amides is 2. The van der Waals surface area contributed by atoms with Gasteiger partial charge in [0.05, 0.1) is 17.3 Å². The van der Waals surface area contributed by atoms with Gasteiger partial charge in [-0.15, -0.1) is 0 Å². The number of hydrogen-bond donors (Lipinski definition) is 6. The molecule has 1 heterocycles. The predicted octanol–water partition coefficient (Wildman–Crippen LogP) is -1.33. The van der Waals surface area contributed by atoms with Crippen molar-refractivity contribution in [3.05, 3.63) is 81.0 Å². The van der Waals surface area contributed by atoms with Crippen LogP contribution in [0.25, 0.3) is 10.9 Å². The zero-order chi connectivity index (χ0) is 29.4. The van der Waals surface area contributed by atoms with E-state index in [1.165, 1.54) is 12.1 Å². The minimum Gasteiger partial charge on any atom is -0.480 e. The quantitative estimate of drug-likeness (QED) is 0.148. The molecule has 0 saturated heterocycles. The summed E-state index contributed by atoms with van der Waals surface area (Å²) in [4.78, 5) is 89.8. The molecule has 0 aliphatic heterocycles. The summed E-state index contributed by atoms with van der Waals surface area (Å²) in [6, 6.07) is 9.98. The van der Waals surface area contributed by atoms with Crippen molar-refractivity contribution in [1.82, 2.24) is 20.2 Å². The van der Waals surface area contributed by atoms with Gasteiger partial charge >= 0.3 is 11.7 Å². The number of aliphatic carboxylic acids is 1. The van der Waals surface area contributed by atoms with Crippen LogP contribution in [0.3, 0.4) is 0 Å². The highest BCUT2D eigenvalue weighted by Gasteiger charge is 2.32. The number of benzene rings is 2. The molecular formula is C26H28N6O8. The van der Waals surface area contributed by atoms with Gasteiger partial charge in [0.1, 0.15) is 18.1 Å². The van der Waals surface area contributed by atoms with Crippen LogP contribution in [-0.2, 0) is 30.4 Å². The molecule has 0 spiro atoms. The van der Waals surface area contributed by atoms with Crippen LogP contribution in [0.1, 0.15) is 30.9 Å². The average molecular weight is 553 g/mol. The van der Waals surface area contributed by atoms with Crippen LogP contribution in [0.2, 0.25) is 0 Å². The maximum atomic E-state index is 13.6. The molecule has 0 radical (unpaired) electrons. The number of carboxylic acids is 1. The Hall–Kier alpha value is -5.27. The van der Waals surface area contributed by atoms with Gasteiger partial charge in [-0.3, -0.25) is 24.0 Å². The fraction of sp³-hybridized carbons (Fsp3) is 0.269. The molecular weight excluding hydrogens is 524 g/mol. The number of carbonyl (C=O) groups excluding carboxylic acids is 4. The Morgan fingerprint density at radius 3 is 2.10 bits per heavy atom. The lowest BCUT2D eigenvalue weighted by Gasteiger charge is -2.24. The first-order valence-electron chi connectivity index (χ1n) is 12.2. The minimum atomic E-state index is -1.66. The molecule has 0 aliphatic carbocycles. The first-order valence-corrected chi connectivity index (χ1v) is 12.2. The van der Waals surface area contributed by atoms with Crippen molar-refractivity contribution in [3.63, 3.8) is 0 Å². The van der Waals surface area contributed by atoms with E-state index in [9.17, 15) is 38.7 Å². The molecule has 1 aromatic heterocycles. The molecule has 0 unspecified atom stereocenters. The Morgan fingerprint density at radius 1 is 0.850 bits per heavy atom. The average Bonchev–Trinajstić information content (AvgIpc) is 2.90. The lowest BCUT2D eigenvalue weighted by Crippen LogP contribution is -2.55. The molecule has 2 aromatic carbocycles. The van der Waals surface area contributed by atoms with Gasteiger partial charge in [0.15, 0.2) is 0 Å². The van der Waals surface area contributed by atoms with E-state index < -0.39 is 65.4 Å². The summed E-state index contributed by atoms with van der Waals surface area (Å²) in [6.07, 6.45) is -1.56. The van der Waals surface area contributed by atoms with Gasteiger partial charge in [0.2, 0.25) is 23.6 Å². The Balaban J connectivity index is 1.99. The van der Waals surface area contributed by atoms with Crippen LogP contribution < -0.4 is 33.3 Å². The number of fused-ring (bicyclic) bond motifs is 1. The number of rotatable bonds is 13. The lowest BCUT2D eigenvalue weighted by atomic mass is 10.0. The molecule has 14 heteroatoms. The van der Waals surface area contributed by atoms with Gasteiger partial charge < -0.3 is 32.2 Å². The standard InChI is InChI=1S/C26H28N6O8/c27-20(33)11-10-17(25(38)39)29-22(35)18(13-21(28)34)30-23(36)19(12-14-6-2-1-3-7-14)32-24(37)15-8-4-5-9-16(15)31-26(32)40/h1-9,17-19H,10-13H2,(H2,27,33)(H2,28,34)(H,29,35)(H,30,36)(H,31,40)(H,38,39)/t17-,18+,19+/m1/s1. The van der Waals surface area contributed by atoms with Gasteiger partial charge in [-0.2, -0.15) is 0 Å². The summed E-state index contributed by atoms with van der Waals surface area (Å²) in [5.74, 6) is -5.32. The fourth-order valence-corrected chi connectivity index (χ4v) is 4.09. The van der Waals surface area contributed by atoms with E-state index in [4.69, 9.17) is 11.5 Å². The Labute approximate surface area is 226 Å². The maximum absolute atomic E-state index is 13.6. The molecule has 8 N–H and O–H groups in total. The number of aromatic amines is 1. The number of H-pyrrole nitrogens is 1. The highest BCUT2D eigenvalue weighted by Crippen LogP contribution is 2.14. The smallest absolute Gasteiger partial charge is 0.329 e. The van der Waals surface area contributed by atoms with E-state index in [0.29, 0.717) is 5.56 Å². The summed E-state index contributed by atoms with van der Waals surface area (Å²) in [7, 11) is 0. The number of carbonyl (C=O) groups is 5. The van der Waals surface area contributed by atoms with E-state index >= 15 is 0 Å². The van der Waals surface area contributed by atoms with Crippen LogP contribution in [0, 0.1) is 0 Å². The Kier molecular flexibility index (Phi) is 9.52. The molecule has 3 atom stereocenters. The van der Waals surface area contributed by atoms with Crippen LogP contribution >= 0.6 is 0 Å². The summed E-state index contributed by atoms with van der Waals surface area (Å²) in [6.45, 7) is 0. The third-order valence-electron chi connectivity index (χ3n) is 6.06. The highest BCUT2D eigenvalue weighted by molar-refractivity contribution is 5.94. The molecule has 14 nitrogen and oxygen atoms in total. The first-order chi connectivity index (χ1) is 19.0. The molecule has 40 heavy (non-hydrogen) atoms. The van der Waals surface area contributed by atoms with Crippen molar-refractivity contribution in [2.24, 2.45) is 11.5 Å². The van der Waals surface area contributed by atoms with Crippen LogP contribution in [0.15, 0.2) is 64.2 Å². The second-order valence-corrected chi connectivity index (χ2v) is 8.99. The Bertz CT molecular complexity index is 1550. The number of amides is 4. The van der Waals surface area contributed by atoms with Crippen molar-refractivity contribution in [2.45, 2.75) is 43.8 Å². The molecule has 3 aromatic rings. The second kappa shape index (κ2) is 13.0. The third kappa shape index (κ3) is 7.40. The number of hydrogen-bond acceptors (Lipinski definition) is 7. The predicted molar refractivity (Wildman–Crippen MR) is 142 cm³/mol. The monoisotopic (exact) mass is 552 g/mol. The minimum absolute atomic E-state index is 0.137. The van der Waals surface area contributed by atoms with Crippen LogP contribution in [0.5, 0.6) is 0 Å². The van der Waals surface area contributed by atoms with Gasteiger partial charge in [-0.25, -0.2) is 14.2 Å². The zero-order valence-corrected chi connectivity index (χ0v) is 21.2. The summed E-state index contributed by atoms with van der Waals surface area (Å²) in [5.41, 5.74) is 9.51. The van der Waals surface area contributed by atoms with E-state index in [-0.39, 0.29) is 30.2 Å². The third-order valence-corrected chi connectivity index (χ3v) is 6.06. The van der Waals surface area contributed by atoms with Crippen molar-refractivity contribution in [1.29, 1.82) is 0 Å². The summed E-state index contributed by atoms with van der Waals surface area (Å²) >= 11 is 0. The number of nitrogens with zero attached hydrogens (tertiary/aromatic N) is 1. The molecule has 210 valence electrons. The number of aromatic nitrogens is 2. The molecule has 0 saturated carbocycles. The Morgan fingerprint density at radius 2 is 1.48 bits per heavy atom. The summed E-state index contributed by atoms with van der Waals surface area (Å²) in [5, 5.41) is 14.0. The van der Waals surface area contributed by atoms with Crippen molar-refractivity contribution >= 4 is 40.5 Å². The lowest BCUT2D eigenvalue weighted by molar-refractivity contribution is -0.142. The normalized spacial score (nSPS) is 13.1. The van der Waals surface area contributed by atoms with Crippen molar-refractivity contribution in [2.75, 3.05) is 0 Å². The van der Waals surface area contributed by atoms with E-state index in [1.54, 1.807) is 42.5 Å². The summed E-state index contributed by atoms with van der Waals surface area (Å²) < 4.78 is 0.719. The zero-order valence-electron chi connectivity index (χ0n) is 21.2. The van der Waals surface area contributed by atoms with Gasteiger partial charge in [-0.1, -0.05) is 42.5 Å². The van der Waals surface area contributed by atoms with Gasteiger partial charge in [0, 0.05) is 12.8 Å². The van der Waals surface area contributed by atoms with Crippen LogP contribution in [-0.4, -0.2) is 56.3 Å². The van der Waals surface area contributed by atoms with Crippen molar-refractivity contribution in [3.8, 4) is 0 Å². The highest BCUT2D eigenvalue weighted by atomic mass is 16.4. The van der Waals surface area contributed by atoms with Crippen molar-refractivity contribution < 1.29 is 29.1 Å². The molecule has 4 amide bonds. The largest absolute Gasteiger partial charge is 0.480 e. The number of nitrogens with one attached hydrogen (secondary N) is 3. The molecule has 0 bridgehead atoms. The second-order valence-electron chi connectivity index (χ2n) is 8.99. The van der Waals surface area contributed by atoms with Crippen LogP contribution in [0.4, 0.5) is 0 Å². The fourth-order valence-electron chi connectivity index (χ4n) is 4.09. The van der Waals surface area contributed by atoms with E-state index in [2.05, 4.69) is 15.6 Å². The van der Waals surface area contributed by atoms with E-state index in [1.807, 2.05) is 0 Å². The van der Waals surface area contributed by atoms with Gasteiger partial charge in [-0.05, 0) is 24.1 Å². The molecule has 0 aliphatic rings. The van der Waals surface area contributed by atoms with Gasteiger partial charge in [0.25, 0.3) is 5.56 Å². The van der Waals surface area contributed by atoms with E-state index in [0.717, 1.165) is 4.57 Å². The molecule has 0 fully saturated rings. The number of nitrogens with two attached hydrogens (primary N) is 2. The molecule has 3 rings (SSSR count). The maximum Gasteiger partial charge on any atom is 0.329 e. The number of carboxylic acid groups (broad SMARTS) is 1. The first kappa shape index (κ1) is 29.3. The topological polar surface area (TPSA) is 237 Å². The number of para-hydroxylation sites is 1. The SMILES string of the molecule is NC(=O)CC[C@@H](NC(=O)[C@H](CC(N)=O)NC(=O)[C@H](Cc1ccccc1)n1c(=O)[nH]c2ccccc2c1=O)C(=O)O.